The molecule has 0 saturated heterocycles. The number of likely N-dealkylation sites (N-methyl/N-ethyl adjacent to an activating group) is 1. The molecule has 0 bridgehead atoms. The third-order valence-electron chi connectivity index (χ3n) is 2.45. The van der Waals surface area contributed by atoms with Gasteiger partial charge >= 0.3 is 0 Å². The maximum absolute atomic E-state index is 11.6. The smallest absolute Gasteiger partial charge is 0.213 e. The lowest BCUT2D eigenvalue weighted by Gasteiger charge is -2.29. The number of carbonyl (C=O) groups excluding carboxylic acids is 1. The van der Waals surface area contributed by atoms with Crippen LogP contribution < -0.4 is 4.90 Å². The average molecular weight is 168 g/mol. The highest BCUT2D eigenvalue weighted by atomic mass is 16.1. The van der Waals surface area contributed by atoms with Crippen LogP contribution in [0.15, 0.2) is 11.6 Å². The van der Waals surface area contributed by atoms with E-state index in [1.807, 2.05) is 6.92 Å². The van der Waals surface area contributed by atoms with Crippen molar-refractivity contribution in [3.8, 4) is 0 Å². The third kappa shape index (κ3) is 1.75. The fourth-order valence-corrected chi connectivity index (χ4v) is 2.07. The molecule has 0 aliphatic carbocycles. The van der Waals surface area contributed by atoms with Crippen LogP contribution in [-0.4, -0.2) is 25.4 Å². The minimum Gasteiger partial charge on any atom is -0.325 e. The zero-order chi connectivity index (χ0) is 9.30. The summed E-state index contributed by atoms with van der Waals surface area (Å²) in [5.74, 6) is 0.744. The number of ketones is 1. The quantitative estimate of drug-likeness (QED) is 0.587. The van der Waals surface area contributed by atoms with E-state index in [0.717, 1.165) is 6.54 Å². The van der Waals surface area contributed by atoms with E-state index in [1.54, 1.807) is 6.08 Å². The Morgan fingerprint density at radius 3 is 2.58 bits per heavy atom. The molecule has 68 valence electrons. The molecule has 0 spiro atoms. The van der Waals surface area contributed by atoms with Crippen molar-refractivity contribution in [3.63, 3.8) is 0 Å². The zero-order valence-electron chi connectivity index (χ0n) is 8.35. The molecular weight excluding hydrogens is 150 g/mol. The first-order chi connectivity index (χ1) is 5.52. The van der Waals surface area contributed by atoms with E-state index in [4.69, 9.17) is 0 Å². The van der Waals surface area contributed by atoms with Gasteiger partial charge in [0.15, 0.2) is 6.04 Å². The van der Waals surface area contributed by atoms with Gasteiger partial charge in [-0.3, -0.25) is 4.79 Å². The molecule has 0 aromatic rings. The highest BCUT2D eigenvalue weighted by Gasteiger charge is 2.31. The molecule has 1 unspecified atom stereocenters. The Hall–Kier alpha value is -0.630. The molecular formula is C10H18NO+. The maximum Gasteiger partial charge on any atom is 0.213 e. The van der Waals surface area contributed by atoms with E-state index in [2.05, 4.69) is 20.9 Å². The predicted molar refractivity (Wildman–Crippen MR) is 49.1 cm³/mol. The second kappa shape index (κ2) is 3.40. The molecule has 0 fully saturated rings. The molecule has 1 aliphatic rings. The van der Waals surface area contributed by atoms with E-state index in [1.165, 1.54) is 10.5 Å². The highest BCUT2D eigenvalue weighted by molar-refractivity contribution is 5.94. The molecule has 0 radical (unpaired) electrons. The summed E-state index contributed by atoms with van der Waals surface area (Å²) in [6.45, 7) is 7.26. The molecule has 1 N–H and O–H groups in total. The molecule has 2 atom stereocenters. The van der Waals surface area contributed by atoms with Gasteiger partial charge in [0.1, 0.15) is 0 Å². The van der Waals surface area contributed by atoms with Crippen LogP contribution in [0.5, 0.6) is 0 Å². The number of quaternary nitrogens is 1. The van der Waals surface area contributed by atoms with Gasteiger partial charge in [0.2, 0.25) is 5.78 Å². The first kappa shape index (κ1) is 9.46. The van der Waals surface area contributed by atoms with Crippen LogP contribution in [0.2, 0.25) is 0 Å². The van der Waals surface area contributed by atoms with Crippen molar-refractivity contribution in [1.29, 1.82) is 0 Å². The lowest BCUT2D eigenvalue weighted by atomic mass is 9.93. The van der Waals surface area contributed by atoms with E-state index >= 15 is 0 Å². The number of carbonyl (C=O) groups is 1. The van der Waals surface area contributed by atoms with Gasteiger partial charge in [0.05, 0.1) is 13.6 Å². The normalized spacial score (nSPS) is 30.8. The summed E-state index contributed by atoms with van der Waals surface area (Å²) in [4.78, 5) is 12.9. The summed E-state index contributed by atoms with van der Waals surface area (Å²) in [6.07, 6.45) is 1.80. The van der Waals surface area contributed by atoms with Crippen molar-refractivity contribution in [3.05, 3.63) is 11.6 Å². The zero-order valence-corrected chi connectivity index (χ0v) is 8.35. The molecule has 12 heavy (non-hydrogen) atoms. The molecule has 0 amide bonds. The largest absolute Gasteiger partial charge is 0.325 e. The first-order valence-electron chi connectivity index (χ1n) is 4.55. The fraction of sp³-hybridized carbons (Fsp3) is 0.700. The number of hydrogen-bond acceptors (Lipinski definition) is 1. The van der Waals surface area contributed by atoms with Crippen LogP contribution in [0.25, 0.3) is 0 Å². The summed E-state index contributed by atoms with van der Waals surface area (Å²) < 4.78 is 0. The summed E-state index contributed by atoms with van der Waals surface area (Å²) in [5.41, 5.74) is 1.20. The van der Waals surface area contributed by atoms with Crippen molar-refractivity contribution in [2.24, 2.45) is 5.92 Å². The van der Waals surface area contributed by atoms with Crippen LogP contribution >= 0.6 is 0 Å². The van der Waals surface area contributed by atoms with Gasteiger partial charge in [-0.05, 0) is 18.6 Å². The Balaban J connectivity index is 2.83. The third-order valence-corrected chi connectivity index (χ3v) is 2.45. The minimum absolute atomic E-state index is 0.175. The Bertz CT molecular complexity index is 218. The van der Waals surface area contributed by atoms with E-state index in [0.29, 0.717) is 11.7 Å². The Morgan fingerprint density at radius 1 is 1.58 bits per heavy atom. The first-order valence-corrected chi connectivity index (χ1v) is 4.55. The molecule has 1 heterocycles. The van der Waals surface area contributed by atoms with Crippen molar-refractivity contribution in [2.45, 2.75) is 26.8 Å². The van der Waals surface area contributed by atoms with Crippen LogP contribution in [0.4, 0.5) is 0 Å². The standard InChI is InChI=1S/C10H17NO/c1-7(2)10-9(12)5-8(3)6-11(10)4/h5,7,10H,6H2,1-4H3/p+1/t10-/m1/s1. The summed E-state index contributed by atoms with van der Waals surface area (Å²) >= 11 is 0. The van der Waals surface area contributed by atoms with Crippen LogP contribution in [0, 0.1) is 5.92 Å². The summed E-state index contributed by atoms with van der Waals surface area (Å²) in [5, 5.41) is 0. The molecule has 0 aromatic carbocycles. The number of hydrogen-bond donors (Lipinski definition) is 1. The van der Waals surface area contributed by atoms with E-state index in [9.17, 15) is 4.79 Å². The molecule has 2 heteroatoms. The van der Waals surface area contributed by atoms with Crippen LogP contribution in [0.1, 0.15) is 20.8 Å². The van der Waals surface area contributed by atoms with Crippen molar-refractivity contribution >= 4 is 5.78 Å². The van der Waals surface area contributed by atoms with E-state index < -0.39 is 0 Å². The van der Waals surface area contributed by atoms with Gasteiger partial charge in [0.25, 0.3) is 0 Å². The maximum atomic E-state index is 11.6. The molecule has 0 saturated carbocycles. The predicted octanol–water partition coefficient (Wildman–Crippen LogP) is 0.0547. The summed E-state index contributed by atoms with van der Waals surface area (Å²) in [6, 6.07) is 0.175. The lowest BCUT2D eigenvalue weighted by molar-refractivity contribution is -0.895. The Kier molecular flexibility index (Phi) is 2.68. The molecule has 2 nitrogen and oxygen atoms in total. The average Bonchev–Trinajstić information content (AvgIpc) is 1.82. The van der Waals surface area contributed by atoms with Crippen molar-refractivity contribution in [2.75, 3.05) is 13.6 Å². The molecule has 0 aromatic heterocycles. The van der Waals surface area contributed by atoms with Crippen molar-refractivity contribution < 1.29 is 9.69 Å². The van der Waals surface area contributed by atoms with E-state index in [-0.39, 0.29) is 6.04 Å². The van der Waals surface area contributed by atoms with Gasteiger partial charge in [-0.2, -0.15) is 0 Å². The van der Waals surface area contributed by atoms with Crippen LogP contribution in [-0.2, 0) is 4.79 Å². The molecule has 1 rings (SSSR count). The fourth-order valence-electron chi connectivity index (χ4n) is 2.07. The van der Waals surface area contributed by atoms with Gasteiger partial charge in [0, 0.05) is 5.92 Å². The summed E-state index contributed by atoms with van der Waals surface area (Å²) in [7, 11) is 2.10. The number of rotatable bonds is 1. The monoisotopic (exact) mass is 168 g/mol. The Morgan fingerprint density at radius 2 is 2.17 bits per heavy atom. The van der Waals surface area contributed by atoms with Gasteiger partial charge in [-0.1, -0.05) is 13.8 Å². The van der Waals surface area contributed by atoms with Crippen molar-refractivity contribution in [1.82, 2.24) is 0 Å². The number of nitrogens with one attached hydrogen (secondary N) is 1. The van der Waals surface area contributed by atoms with Gasteiger partial charge in [-0.15, -0.1) is 0 Å². The van der Waals surface area contributed by atoms with Gasteiger partial charge < -0.3 is 4.90 Å². The highest BCUT2D eigenvalue weighted by Crippen LogP contribution is 2.05. The second-order valence-corrected chi connectivity index (χ2v) is 4.14. The van der Waals surface area contributed by atoms with Gasteiger partial charge in [-0.25, -0.2) is 0 Å². The molecule has 1 aliphatic heterocycles. The second-order valence-electron chi connectivity index (χ2n) is 4.14. The SMILES string of the molecule is CC1=CC(=O)[C@@H](C(C)C)[NH+](C)C1. The minimum atomic E-state index is 0.175. The topological polar surface area (TPSA) is 21.5 Å². The van der Waals surface area contributed by atoms with Crippen LogP contribution in [0.3, 0.4) is 0 Å². The Labute approximate surface area is 74.2 Å². The lowest BCUT2D eigenvalue weighted by Crippen LogP contribution is -3.15.